The minimum atomic E-state index is -1.02. The molecule has 1 aromatic heterocycles. The van der Waals surface area contributed by atoms with Crippen molar-refractivity contribution in [1.82, 2.24) is 0 Å². The van der Waals surface area contributed by atoms with Crippen molar-refractivity contribution < 1.29 is 14.3 Å². The van der Waals surface area contributed by atoms with Crippen LogP contribution in [0, 0.1) is 0 Å². The van der Waals surface area contributed by atoms with Gasteiger partial charge < -0.3 is 14.4 Å². The van der Waals surface area contributed by atoms with Gasteiger partial charge in [0.1, 0.15) is 0 Å². The van der Waals surface area contributed by atoms with Gasteiger partial charge in [0.25, 0.3) is 0 Å². The van der Waals surface area contributed by atoms with Crippen LogP contribution >= 0.6 is 11.8 Å². The topological polar surface area (TPSA) is 53.7 Å². The van der Waals surface area contributed by atoms with Crippen molar-refractivity contribution in [1.29, 1.82) is 0 Å². The lowest BCUT2D eigenvalue weighted by molar-refractivity contribution is 0.0663. The van der Waals surface area contributed by atoms with Crippen LogP contribution in [-0.4, -0.2) is 35.7 Å². The summed E-state index contributed by atoms with van der Waals surface area (Å²) in [7, 11) is 1.95. The van der Waals surface area contributed by atoms with Crippen molar-refractivity contribution in [2.45, 2.75) is 12.5 Å². The Morgan fingerprint density at radius 2 is 2.47 bits per heavy atom. The zero-order chi connectivity index (χ0) is 10.8. The molecule has 1 saturated heterocycles. The van der Waals surface area contributed by atoms with Crippen LogP contribution in [0.1, 0.15) is 17.0 Å². The molecule has 1 unspecified atom stereocenters. The van der Waals surface area contributed by atoms with E-state index >= 15 is 0 Å². The second-order valence-corrected chi connectivity index (χ2v) is 4.72. The first-order valence-electron chi connectivity index (χ1n) is 4.82. The maximum Gasteiger partial charge on any atom is 0.371 e. The predicted molar refractivity (Wildman–Crippen MR) is 59.8 cm³/mol. The van der Waals surface area contributed by atoms with Gasteiger partial charge in [-0.25, -0.2) is 4.79 Å². The number of carbonyl (C=O) groups is 1. The van der Waals surface area contributed by atoms with Crippen LogP contribution < -0.4 is 4.90 Å². The number of hydrogen-bond donors (Lipinski definition) is 1. The number of anilines is 1. The van der Waals surface area contributed by atoms with Crippen molar-refractivity contribution in [2.75, 3.05) is 23.5 Å². The van der Waals surface area contributed by atoms with Crippen molar-refractivity contribution >= 4 is 23.6 Å². The van der Waals surface area contributed by atoms with E-state index < -0.39 is 5.97 Å². The molecule has 2 heterocycles. The minimum Gasteiger partial charge on any atom is -0.475 e. The molecule has 1 atom stereocenters. The molecular formula is C10H13NO3S. The smallest absolute Gasteiger partial charge is 0.371 e. The molecule has 1 fully saturated rings. The molecule has 1 N–H and O–H groups in total. The van der Waals surface area contributed by atoms with Gasteiger partial charge in [0.15, 0.2) is 5.88 Å². The minimum absolute atomic E-state index is 0.00231. The van der Waals surface area contributed by atoms with Gasteiger partial charge in [0.2, 0.25) is 5.76 Å². The Kier molecular flexibility index (Phi) is 2.90. The maximum atomic E-state index is 10.6. The normalized spacial score (nSPS) is 20.5. The average molecular weight is 227 g/mol. The van der Waals surface area contributed by atoms with E-state index in [9.17, 15) is 4.79 Å². The lowest BCUT2D eigenvalue weighted by Crippen LogP contribution is -2.30. The van der Waals surface area contributed by atoms with Gasteiger partial charge in [-0.1, -0.05) is 0 Å². The molecule has 0 aliphatic carbocycles. The summed E-state index contributed by atoms with van der Waals surface area (Å²) in [5, 5.41) is 8.73. The quantitative estimate of drug-likeness (QED) is 0.855. The van der Waals surface area contributed by atoms with Gasteiger partial charge in [0, 0.05) is 24.9 Å². The van der Waals surface area contributed by atoms with E-state index in [1.54, 1.807) is 6.07 Å². The number of furan rings is 1. The van der Waals surface area contributed by atoms with Gasteiger partial charge in [0.05, 0.1) is 0 Å². The first kappa shape index (κ1) is 10.4. The molecular weight excluding hydrogens is 214 g/mol. The van der Waals surface area contributed by atoms with E-state index in [4.69, 9.17) is 9.52 Å². The molecule has 0 radical (unpaired) electrons. The molecule has 1 aromatic rings. The Morgan fingerprint density at radius 1 is 1.67 bits per heavy atom. The first-order valence-corrected chi connectivity index (χ1v) is 5.97. The van der Waals surface area contributed by atoms with Crippen LogP contribution in [0.15, 0.2) is 16.5 Å². The highest BCUT2D eigenvalue weighted by Crippen LogP contribution is 2.27. The second kappa shape index (κ2) is 4.18. The largest absolute Gasteiger partial charge is 0.475 e. The fraction of sp³-hybridized carbons (Fsp3) is 0.500. The fourth-order valence-corrected chi connectivity index (χ4v) is 2.91. The summed E-state index contributed by atoms with van der Waals surface area (Å²) < 4.78 is 5.24. The number of nitrogens with zero attached hydrogens (tertiary/aromatic N) is 1. The molecule has 1 aliphatic heterocycles. The number of hydrogen-bond acceptors (Lipinski definition) is 4. The summed E-state index contributed by atoms with van der Waals surface area (Å²) in [6, 6.07) is 3.67. The van der Waals surface area contributed by atoms with Crippen LogP contribution in [0.5, 0.6) is 0 Å². The monoisotopic (exact) mass is 227 g/mol. The molecule has 0 spiro atoms. The summed E-state index contributed by atoms with van der Waals surface area (Å²) in [6.07, 6.45) is 1.13. The highest BCUT2D eigenvalue weighted by Gasteiger charge is 2.22. The summed E-state index contributed by atoms with van der Waals surface area (Å²) in [5.41, 5.74) is 0. The number of rotatable bonds is 3. The van der Waals surface area contributed by atoms with Crippen molar-refractivity contribution in [2.24, 2.45) is 0 Å². The van der Waals surface area contributed by atoms with Crippen LogP contribution in [0.25, 0.3) is 0 Å². The molecule has 15 heavy (non-hydrogen) atoms. The molecule has 0 amide bonds. The van der Waals surface area contributed by atoms with E-state index in [1.807, 2.05) is 23.7 Å². The van der Waals surface area contributed by atoms with Gasteiger partial charge in [-0.2, -0.15) is 11.8 Å². The van der Waals surface area contributed by atoms with Gasteiger partial charge >= 0.3 is 5.97 Å². The Hall–Kier alpha value is -1.10. The molecule has 1 aliphatic rings. The van der Waals surface area contributed by atoms with Crippen LogP contribution in [0.4, 0.5) is 5.88 Å². The van der Waals surface area contributed by atoms with Crippen LogP contribution in [0.2, 0.25) is 0 Å². The number of carboxylic acids is 1. The van der Waals surface area contributed by atoms with Crippen molar-refractivity contribution in [3.63, 3.8) is 0 Å². The highest BCUT2D eigenvalue weighted by atomic mass is 32.2. The first-order chi connectivity index (χ1) is 7.18. The lowest BCUT2D eigenvalue weighted by atomic mass is 10.2. The summed E-state index contributed by atoms with van der Waals surface area (Å²) in [5.74, 6) is 1.87. The van der Waals surface area contributed by atoms with E-state index in [2.05, 4.69) is 0 Å². The van der Waals surface area contributed by atoms with Crippen molar-refractivity contribution in [3.8, 4) is 0 Å². The summed E-state index contributed by atoms with van der Waals surface area (Å²) in [4.78, 5) is 12.7. The Balaban J connectivity index is 2.10. The second-order valence-electron chi connectivity index (χ2n) is 3.57. The SMILES string of the molecule is CN(c1ccc(C(=O)O)o1)C1CCSC1. The zero-order valence-electron chi connectivity index (χ0n) is 8.47. The number of carboxylic acid groups (broad SMARTS) is 1. The molecule has 0 bridgehead atoms. The van der Waals surface area contributed by atoms with Gasteiger partial charge in [-0.05, 0) is 18.2 Å². The Bertz CT molecular complexity index is 357. The molecule has 0 aromatic carbocycles. The standard InChI is InChI=1S/C10H13NO3S/c1-11(7-4-5-15-6-7)9-3-2-8(14-9)10(12)13/h2-3,7H,4-6H2,1H3,(H,12,13). The lowest BCUT2D eigenvalue weighted by Gasteiger charge is -2.22. The Labute approximate surface area is 92.2 Å². The molecule has 0 saturated carbocycles. The highest BCUT2D eigenvalue weighted by molar-refractivity contribution is 7.99. The van der Waals surface area contributed by atoms with E-state index in [1.165, 1.54) is 11.8 Å². The third-order valence-corrected chi connectivity index (χ3v) is 3.75. The van der Waals surface area contributed by atoms with E-state index in [-0.39, 0.29) is 5.76 Å². The van der Waals surface area contributed by atoms with Gasteiger partial charge in [-0.3, -0.25) is 0 Å². The Morgan fingerprint density at radius 3 is 3.00 bits per heavy atom. The molecule has 82 valence electrons. The van der Waals surface area contributed by atoms with E-state index in [0.717, 1.165) is 12.2 Å². The summed E-state index contributed by atoms with van der Waals surface area (Å²) in [6.45, 7) is 0. The van der Waals surface area contributed by atoms with Crippen LogP contribution in [-0.2, 0) is 0 Å². The van der Waals surface area contributed by atoms with Crippen LogP contribution in [0.3, 0.4) is 0 Å². The molecule has 2 rings (SSSR count). The van der Waals surface area contributed by atoms with E-state index in [0.29, 0.717) is 11.9 Å². The molecule has 4 nitrogen and oxygen atoms in total. The summed E-state index contributed by atoms with van der Waals surface area (Å²) >= 11 is 1.92. The maximum absolute atomic E-state index is 10.6. The third-order valence-electron chi connectivity index (χ3n) is 2.60. The molecule has 5 heteroatoms. The predicted octanol–water partition coefficient (Wildman–Crippen LogP) is 1.92. The zero-order valence-corrected chi connectivity index (χ0v) is 9.29. The number of thioether (sulfide) groups is 1. The third kappa shape index (κ3) is 2.12. The van der Waals surface area contributed by atoms with Gasteiger partial charge in [-0.15, -0.1) is 0 Å². The van der Waals surface area contributed by atoms with Crippen molar-refractivity contribution in [3.05, 3.63) is 17.9 Å². The fourth-order valence-electron chi connectivity index (χ4n) is 1.64. The average Bonchev–Trinajstić information content (AvgIpc) is 2.88. The number of aromatic carboxylic acids is 1.